The van der Waals surface area contributed by atoms with Crippen LogP contribution in [0, 0.1) is 0 Å². The number of anilines is 3. The quantitative estimate of drug-likeness (QED) is 0.150. The van der Waals surface area contributed by atoms with Crippen molar-refractivity contribution in [2.75, 3.05) is 4.90 Å². The van der Waals surface area contributed by atoms with E-state index in [4.69, 9.17) is 0 Å². The average Bonchev–Trinajstić information content (AvgIpc) is 3.66. The lowest BCUT2D eigenvalue weighted by atomic mass is 9.96. The molecule has 0 aliphatic carbocycles. The monoisotopic (exact) mass is 764 g/mol. The van der Waals surface area contributed by atoms with Gasteiger partial charge in [0.25, 0.3) is 0 Å². The standard InChI is InChI=1S/C58H40N2/c1-4-17-41(18-5-1)45-23-16-26-51(37-45)59(50-24-8-3-9-25-50)56-29-14-12-27-53(56)47-33-34-58-55(40-47)54-28-13-15-30-57(54)60(58)52-38-48(42-19-6-2-7-20-42)36-49(39-52)46-32-31-43-21-10-11-22-44(43)35-46/h1-40H. The SMILES string of the molecule is c1ccc(-c2cccc(N(c3ccccc3)c3ccccc3-c3ccc4c(c3)c3ccccc3n4-c3cc(-c4ccccc4)cc(-c4ccc5ccccc5c4)c3)c2)cc1. The Bertz CT molecular complexity index is 3310. The zero-order valence-electron chi connectivity index (χ0n) is 33.0. The van der Waals surface area contributed by atoms with Crippen LogP contribution in [0.4, 0.5) is 17.1 Å². The Morgan fingerprint density at radius 3 is 1.65 bits per heavy atom. The number of hydrogen-bond donors (Lipinski definition) is 0. The van der Waals surface area contributed by atoms with Crippen LogP contribution in [-0.2, 0) is 0 Å². The highest BCUT2D eigenvalue weighted by molar-refractivity contribution is 6.11. The molecule has 0 aliphatic rings. The maximum atomic E-state index is 2.45. The van der Waals surface area contributed by atoms with E-state index in [1.807, 2.05) is 0 Å². The predicted molar refractivity (Wildman–Crippen MR) is 255 cm³/mol. The lowest BCUT2D eigenvalue weighted by molar-refractivity contribution is 1.18. The fraction of sp³-hybridized carbons (Fsp3) is 0. The molecule has 0 saturated heterocycles. The molecule has 0 bridgehead atoms. The molecule has 0 saturated carbocycles. The molecular weight excluding hydrogens is 725 g/mol. The van der Waals surface area contributed by atoms with Crippen molar-refractivity contribution in [1.82, 2.24) is 4.57 Å². The minimum atomic E-state index is 1.10. The van der Waals surface area contributed by atoms with Crippen molar-refractivity contribution in [3.8, 4) is 50.2 Å². The van der Waals surface area contributed by atoms with E-state index in [1.54, 1.807) is 0 Å². The minimum Gasteiger partial charge on any atom is -0.310 e. The number of nitrogens with zero attached hydrogens (tertiary/aromatic N) is 2. The van der Waals surface area contributed by atoms with Crippen LogP contribution in [0.3, 0.4) is 0 Å². The lowest BCUT2D eigenvalue weighted by Crippen LogP contribution is -2.11. The number of benzene rings is 10. The first-order chi connectivity index (χ1) is 29.7. The Morgan fingerprint density at radius 2 is 0.850 bits per heavy atom. The van der Waals surface area contributed by atoms with Gasteiger partial charge < -0.3 is 9.47 Å². The van der Waals surface area contributed by atoms with Crippen LogP contribution < -0.4 is 4.90 Å². The van der Waals surface area contributed by atoms with Crippen molar-refractivity contribution in [3.63, 3.8) is 0 Å². The molecule has 282 valence electrons. The maximum Gasteiger partial charge on any atom is 0.0541 e. The molecule has 2 nitrogen and oxygen atoms in total. The fourth-order valence-corrected chi connectivity index (χ4v) is 8.86. The molecule has 0 N–H and O–H groups in total. The number of hydrogen-bond acceptors (Lipinski definition) is 1. The Balaban J connectivity index is 1.09. The summed E-state index contributed by atoms with van der Waals surface area (Å²) in [6, 6.07) is 88.0. The van der Waals surface area contributed by atoms with Crippen molar-refractivity contribution in [2.24, 2.45) is 0 Å². The molecular formula is C58H40N2. The molecule has 60 heavy (non-hydrogen) atoms. The van der Waals surface area contributed by atoms with Gasteiger partial charge in [0.05, 0.1) is 16.7 Å². The van der Waals surface area contributed by atoms with E-state index in [-0.39, 0.29) is 0 Å². The smallest absolute Gasteiger partial charge is 0.0541 e. The van der Waals surface area contributed by atoms with Gasteiger partial charge in [-0.1, -0.05) is 170 Å². The molecule has 0 radical (unpaired) electrons. The van der Waals surface area contributed by atoms with Crippen LogP contribution in [0.2, 0.25) is 0 Å². The highest BCUT2D eigenvalue weighted by Gasteiger charge is 2.20. The molecule has 10 aromatic carbocycles. The predicted octanol–water partition coefficient (Wildman–Crippen LogP) is 16.1. The molecule has 0 atom stereocenters. The van der Waals surface area contributed by atoms with Crippen LogP contribution >= 0.6 is 0 Å². The molecule has 0 aliphatic heterocycles. The zero-order chi connectivity index (χ0) is 39.8. The van der Waals surface area contributed by atoms with Gasteiger partial charge in [-0.25, -0.2) is 0 Å². The molecule has 2 heteroatoms. The van der Waals surface area contributed by atoms with Gasteiger partial charge in [-0.15, -0.1) is 0 Å². The normalized spacial score (nSPS) is 11.3. The fourth-order valence-electron chi connectivity index (χ4n) is 8.86. The number of para-hydroxylation sites is 3. The van der Waals surface area contributed by atoms with Crippen LogP contribution in [0.25, 0.3) is 82.8 Å². The van der Waals surface area contributed by atoms with Gasteiger partial charge in [-0.2, -0.15) is 0 Å². The van der Waals surface area contributed by atoms with E-state index in [0.717, 1.165) is 33.9 Å². The molecule has 0 fully saturated rings. The third-order valence-corrected chi connectivity index (χ3v) is 11.7. The second-order valence-corrected chi connectivity index (χ2v) is 15.4. The highest BCUT2D eigenvalue weighted by atomic mass is 15.1. The first-order valence-corrected chi connectivity index (χ1v) is 20.6. The molecule has 0 spiro atoms. The van der Waals surface area contributed by atoms with Crippen molar-refractivity contribution in [1.29, 1.82) is 0 Å². The first-order valence-electron chi connectivity index (χ1n) is 20.6. The Labute approximate surface area is 350 Å². The van der Waals surface area contributed by atoms with Crippen molar-refractivity contribution >= 4 is 49.6 Å². The lowest BCUT2D eigenvalue weighted by Gasteiger charge is -2.28. The Hall–Kier alpha value is -7.94. The highest BCUT2D eigenvalue weighted by Crippen LogP contribution is 2.44. The number of aromatic nitrogens is 1. The minimum absolute atomic E-state index is 1.10. The van der Waals surface area contributed by atoms with Crippen molar-refractivity contribution in [3.05, 3.63) is 243 Å². The van der Waals surface area contributed by atoms with Crippen molar-refractivity contribution in [2.45, 2.75) is 0 Å². The van der Waals surface area contributed by atoms with Crippen LogP contribution in [0.15, 0.2) is 243 Å². The second kappa shape index (κ2) is 15.1. The summed E-state index contributed by atoms with van der Waals surface area (Å²) in [5.41, 5.74) is 16.3. The largest absolute Gasteiger partial charge is 0.310 e. The third-order valence-electron chi connectivity index (χ3n) is 11.7. The molecule has 1 heterocycles. The maximum absolute atomic E-state index is 2.45. The second-order valence-electron chi connectivity index (χ2n) is 15.4. The topological polar surface area (TPSA) is 8.17 Å². The van der Waals surface area contributed by atoms with E-state index in [2.05, 4.69) is 252 Å². The third kappa shape index (κ3) is 6.41. The zero-order valence-corrected chi connectivity index (χ0v) is 33.0. The summed E-state index contributed by atoms with van der Waals surface area (Å²) < 4.78 is 2.45. The summed E-state index contributed by atoms with van der Waals surface area (Å²) in [4.78, 5) is 2.39. The van der Waals surface area contributed by atoms with Crippen LogP contribution in [-0.4, -0.2) is 4.57 Å². The van der Waals surface area contributed by atoms with E-state index in [1.165, 1.54) is 66.0 Å². The summed E-state index contributed by atoms with van der Waals surface area (Å²) in [7, 11) is 0. The molecule has 11 aromatic rings. The van der Waals surface area contributed by atoms with Gasteiger partial charge in [0.2, 0.25) is 0 Å². The van der Waals surface area contributed by atoms with Crippen molar-refractivity contribution < 1.29 is 0 Å². The van der Waals surface area contributed by atoms with Crippen LogP contribution in [0.5, 0.6) is 0 Å². The van der Waals surface area contributed by atoms with E-state index in [9.17, 15) is 0 Å². The Morgan fingerprint density at radius 1 is 0.283 bits per heavy atom. The average molecular weight is 765 g/mol. The summed E-state index contributed by atoms with van der Waals surface area (Å²) in [6.07, 6.45) is 0. The Kier molecular flexibility index (Phi) is 8.87. The molecule has 0 amide bonds. The van der Waals surface area contributed by atoms with Gasteiger partial charge in [-0.05, 0) is 123 Å². The summed E-state index contributed by atoms with van der Waals surface area (Å²) >= 11 is 0. The van der Waals surface area contributed by atoms with E-state index in [0.29, 0.717) is 0 Å². The van der Waals surface area contributed by atoms with Gasteiger partial charge in [0.1, 0.15) is 0 Å². The van der Waals surface area contributed by atoms with E-state index >= 15 is 0 Å². The van der Waals surface area contributed by atoms with Gasteiger partial charge in [0.15, 0.2) is 0 Å². The van der Waals surface area contributed by atoms with Gasteiger partial charge in [0, 0.05) is 33.4 Å². The summed E-state index contributed by atoms with van der Waals surface area (Å²) in [5.74, 6) is 0. The van der Waals surface area contributed by atoms with Crippen LogP contribution in [0.1, 0.15) is 0 Å². The molecule has 0 unspecified atom stereocenters. The first kappa shape index (κ1) is 35.2. The molecule has 1 aromatic heterocycles. The van der Waals surface area contributed by atoms with Gasteiger partial charge >= 0.3 is 0 Å². The summed E-state index contributed by atoms with van der Waals surface area (Å²) in [5, 5.41) is 4.92. The number of fused-ring (bicyclic) bond motifs is 4. The number of rotatable bonds is 8. The molecule has 11 rings (SSSR count). The van der Waals surface area contributed by atoms with E-state index < -0.39 is 0 Å². The van der Waals surface area contributed by atoms with Gasteiger partial charge in [-0.3, -0.25) is 0 Å². The summed E-state index contributed by atoms with van der Waals surface area (Å²) in [6.45, 7) is 0.